The largest absolute Gasteiger partial charge is 0.316 e. The zero-order valence-corrected chi connectivity index (χ0v) is 17.0. The van der Waals surface area contributed by atoms with Crippen molar-refractivity contribution in [3.05, 3.63) is 47.7 Å². The van der Waals surface area contributed by atoms with Crippen molar-refractivity contribution in [3.8, 4) is 0 Å². The Morgan fingerprint density at radius 2 is 2.07 bits per heavy atom. The number of fused-ring (bicyclic) bond motifs is 1. The lowest BCUT2D eigenvalue weighted by molar-refractivity contribution is -0.116. The molecule has 27 heavy (non-hydrogen) atoms. The summed E-state index contributed by atoms with van der Waals surface area (Å²) in [5.41, 5.74) is 2.74. The summed E-state index contributed by atoms with van der Waals surface area (Å²) in [6, 6.07) is 10.7. The quantitative estimate of drug-likeness (QED) is 0.783. The Kier molecular flexibility index (Phi) is 8.14. The molecule has 2 N–H and O–H groups in total. The molecule has 2 aromatic rings. The smallest absolute Gasteiger partial charge is 0.225 e. The first-order chi connectivity index (χ1) is 12.3. The van der Waals surface area contributed by atoms with Crippen molar-refractivity contribution in [3.63, 3.8) is 0 Å². The van der Waals surface area contributed by atoms with E-state index in [2.05, 4.69) is 40.0 Å². The summed E-state index contributed by atoms with van der Waals surface area (Å²) < 4.78 is 1.99. The molecule has 7 heteroatoms. The van der Waals surface area contributed by atoms with E-state index in [0.29, 0.717) is 12.3 Å². The van der Waals surface area contributed by atoms with Crippen LogP contribution in [0.5, 0.6) is 0 Å². The van der Waals surface area contributed by atoms with E-state index in [0.717, 1.165) is 44.6 Å². The molecule has 148 valence electrons. The van der Waals surface area contributed by atoms with Crippen molar-refractivity contribution in [2.45, 2.75) is 44.6 Å². The topological polar surface area (TPSA) is 59.0 Å². The van der Waals surface area contributed by atoms with Crippen LogP contribution in [0.2, 0.25) is 0 Å². The van der Waals surface area contributed by atoms with Crippen LogP contribution in [0, 0.1) is 5.92 Å². The third kappa shape index (κ3) is 5.03. The second-order valence-corrected chi connectivity index (χ2v) is 7.21. The molecular formula is C20H28Cl2N4O. The number of carbonyl (C=O) groups is 1. The SMILES string of the molecule is Cl.Cl.O=C(CCC1CCNC1)Nc1ccnn1C1CCCc2ccccc21. The van der Waals surface area contributed by atoms with Crippen LogP contribution < -0.4 is 10.6 Å². The Bertz CT molecular complexity index is 743. The van der Waals surface area contributed by atoms with Gasteiger partial charge < -0.3 is 10.6 Å². The van der Waals surface area contributed by atoms with Crippen LogP contribution in [0.4, 0.5) is 5.82 Å². The minimum atomic E-state index is 0. The average Bonchev–Trinajstić information content (AvgIpc) is 3.31. The molecule has 2 heterocycles. The molecule has 1 aliphatic carbocycles. The Balaban J connectivity index is 0.00000131. The van der Waals surface area contributed by atoms with Crippen molar-refractivity contribution >= 4 is 36.5 Å². The van der Waals surface area contributed by atoms with Crippen molar-refractivity contribution < 1.29 is 4.79 Å². The second kappa shape index (κ2) is 10.1. The lowest BCUT2D eigenvalue weighted by atomic mass is 9.88. The molecule has 2 aliphatic rings. The molecular weight excluding hydrogens is 383 g/mol. The summed E-state index contributed by atoms with van der Waals surface area (Å²) in [4.78, 5) is 12.4. The third-order valence-corrected chi connectivity index (χ3v) is 5.51. The van der Waals surface area contributed by atoms with E-state index in [1.54, 1.807) is 6.20 Å². The van der Waals surface area contributed by atoms with Gasteiger partial charge in [-0.2, -0.15) is 5.10 Å². The van der Waals surface area contributed by atoms with Crippen LogP contribution >= 0.6 is 24.8 Å². The predicted molar refractivity (Wildman–Crippen MR) is 113 cm³/mol. The first kappa shape index (κ1) is 21.7. The van der Waals surface area contributed by atoms with Gasteiger partial charge in [0.15, 0.2) is 0 Å². The molecule has 0 spiro atoms. The fourth-order valence-corrected chi connectivity index (χ4v) is 4.15. The van der Waals surface area contributed by atoms with Gasteiger partial charge in [0.25, 0.3) is 0 Å². The Morgan fingerprint density at radius 1 is 1.22 bits per heavy atom. The van der Waals surface area contributed by atoms with Gasteiger partial charge in [-0.1, -0.05) is 24.3 Å². The number of benzene rings is 1. The van der Waals surface area contributed by atoms with E-state index in [9.17, 15) is 4.79 Å². The Hall–Kier alpha value is -1.56. The van der Waals surface area contributed by atoms with Crippen LogP contribution in [0.25, 0.3) is 0 Å². The molecule has 5 nitrogen and oxygen atoms in total. The zero-order chi connectivity index (χ0) is 17.1. The van der Waals surface area contributed by atoms with Crippen molar-refractivity contribution in [1.29, 1.82) is 0 Å². The van der Waals surface area contributed by atoms with Crippen molar-refractivity contribution in [1.82, 2.24) is 15.1 Å². The van der Waals surface area contributed by atoms with E-state index in [1.807, 2.05) is 10.7 Å². The molecule has 1 aliphatic heterocycles. The molecule has 0 bridgehead atoms. The van der Waals surface area contributed by atoms with E-state index in [1.165, 1.54) is 17.5 Å². The average molecular weight is 411 g/mol. The third-order valence-electron chi connectivity index (χ3n) is 5.51. The standard InChI is InChI=1S/C20H26N4O.2ClH/c25-20(9-8-15-10-12-21-14-15)23-19-11-13-22-24(19)18-7-3-5-16-4-1-2-6-17(16)18;;/h1-2,4,6,11,13,15,18,21H,3,5,7-10,12,14H2,(H,23,25);2*1H. The lowest BCUT2D eigenvalue weighted by Gasteiger charge is -2.27. The molecule has 0 saturated carbocycles. The van der Waals surface area contributed by atoms with Crippen LogP contribution in [-0.2, 0) is 11.2 Å². The fraction of sp³-hybridized carbons (Fsp3) is 0.500. The highest BCUT2D eigenvalue weighted by Gasteiger charge is 2.24. The number of nitrogens with zero attached hydrogens (tertiary/aromatic N) is 2. The Labute approximate surface area is 173 Å². The fourth-order valence-electron chi connectivity index (χ4n) is 4.15. The number of hydrogen-bond acceptors (Lipinski definition) is 3. The van der Waals surface area contributed by atoms with Crippen molar-refractivity contribution in [2.24, 2.45) is 5.92 Å². The van der Waals surface area contributed by atoms with Gasteiger partial charge >= 0.3 is 0 Å². The maximum absolute atomic E-state index is 12.4. The number of carbonyl (C=O) groups excluding carboxylic acids is 1. The highest BCUT2D eigenvalue weighted by atomic mass is 35.5. The number of aromatic nitrogens is 2. The molecule has 2 unspecified atom stereocenters. The van der Waals surface area contributed by atoms with Gasteiger partial charge in [-0.15, -0.1) is 24.8 Å². The van der Waals surface area contributed by atoms with E-state index < -0.39 is 0 Å². The summed E-state index contributed by atoms with van der Waals surface area (Å²) in [6.07, 6.45) is 7.86. The summed E-state index contributed by atoms with van der Waals surface area (Å²) >= 11 is 0. The minimum Gasteiger partial charge on any atom is -0.316 e. The zero-order valence-electron chi connectivity index (χ0n) is 15.4. The second-order valence-electron chi connectivity index (χ2n) is 7.21. The van der Waals surface area contributed by atoms with Gasteiger partial charge in [-0.25, -0.2) is 4.68 Å². The van der Waals surface area contributed by atoms with Gasteiger partial charge in [0.1, 0.15) is 5.82 Å². The van der Waals surface area contributed by atoms with Gasteiger partial charge in [0.05, 0.1) is 12.2 Å². The highest BCUT2D eigenvalue weighted by molar-refractivity contribution is 5.89. The molecule has 1 aromatic heterocycles. The van der Waals surface area contributed by atoms with Crippen molar-refractivity contribution in [2.75, 3.05) is 18.4 Å². The monoisotopic (exact) mass is 410 g/mol. The number of anilines is 1. The Morgan fingerprint density at radius 3 is 2.89 bits per heavy atom. The number of rotatable bonds is 5. The summed E-state index contributed by atoms with van der Waals surface area (Å²) in [7, 11) is 0. The van der Waals surface area contributed by atoms with Gasteiger partial charge in [0.2, 0.25) is 5.91 Å². The van der Waals surface area contributed by atoms with E-state index in [-0.39, 0.29) is 36.8 Å². The first-order valence-corrected chi connectivity index (χ1v) is 9.43. The van der Waals surface area contributed by atoms with E-state index in [4.69, 9.17) is 0 Å². The molecule has 1 amide bonds. The number of aryl methyl sites for hydroxylation is 1. The molecule has 1 aromatic carbocycles. The summed E-state index contributed by atoms with van der Waals surface area (Å²) in [5.74, 6) is 1.55. The number of halogens is 2. The summed E-state index contributed by atoms with van der Waals surface area (Å²) in [5, 5.41) is 11.0. The van der Waals surface area contributed by atoms with Crippen LogP contribution in [0.15, 0.2) is 36.5 Å². The first-order valence-electron chi connectivity index (χ1n) is 9.43. The van der Waals surface area contributed by atoms with Gasteiger partial charge in [-0.3, -0.25) is 4.79 Å². The molecule has 1 fully saturated rings. The maximum Gasteiger partial charge on any atom is 0.225 e. The molecule has 0 radical (unpaired) electrons. The lowest BCUT2D eigenvalue weighted by Crippen LogP contribution is -2.22. The minimum absolute atomic E-state index is 0. The van der Waals surface area contributed by atoms with Crippen LogP contribution in [0.1, 0.15) is 49.3 Å². The highest BCUT2D eigenvalue weighted by Crippen LogP contribution is 2.34. The van der Waals surface area contributed by atoms with Crippen LogP contribution in [0.3, 0.4) is 0 Å². The number of nitrogens with one attached hydrogen (secondary N) is 2. The van der Waals surface area contributed by atoms with Crippen LogP contribution in [-0.4, -0.2) is 28.8 Å². The predicted octanol–water partition coefficient (Wildman–Crippen LogP) is 3.98. The molecule has 4 rings (SSSR count). The summed E-state index contributed by atoms with van der Waals surface area (Å²) in [6.45, 7) is 2.13. The number of amides is 1. The maximum atomic E-state index is 12.4. The number of hydrogen-bond donors (Lipinski definition) is 2. The van der Waals surface area contributed by atoms with Gasteiger partial charge in [0, 0.05) is 12.5 Å². The normalized spacial score (nSPS) is 20.9. The van der Waals surface area contributed by atoms with Gasteiger partial charge in [-0.05, 0) is 62.2 Å². The molecule has 2 atom stereocenters. The van der Waals surface area contributed by atoms with E-state index >= 15 is 0 Å². The molecule has 1 saturated heterocycles.